The van der Waals surface area contributed by atoms with Gasteiger partial charge in [-0.2, -0.15) is 0 Å². The van der Waals surface area contributed by atoms with Crippen LogP contribution in [0.4, 0.5) is 0 Å². The molecule has 0 aliphatic carbocycles. The molecule has 0 radical (unpaired) electrons. The first-order valence-corrected chi connectivity index (χ1v) is 10.3. The molecule has 124 valence electrons. The fraction of sp³-hybridized carbons (Fsp3) is 0.600. The van der Waals surface area contributed by atoms with Gasteiger partial charge in [0.2, 0.25) is 0 Å². The molecular formula is C15H25N2O4P. The molecule has 0 aromatic rings. The number of hydrogen-bond acceptors (Lipinski definition) is 5. The normalized spacial score (nSPS) is 35.9. The summed E-state index contributed by atoms with van der Waals surface area (Å²) in [5, 5.41) is 23.3. The van der Waals surface area contributed by atoms with Gasteiger partial charge in [0.05, 0.1) is 5.60 Å². The summed E-state index contributed by atoms with van der Waals surface area (Å²) in [6.07, 6.45) is 5.59. The number of carbonyl (C=O) groups is 1. The van der Waals surface area contributed by atoms with Crippen molar-refractivity contribution in [2.24, 2.45) is 0 Å². The molecule has 1 saturated heterocycles. The third kappa shape index (κ3) is 3.46. The first-order chi connectivity index (χ1) is 10.0. The van der Waals surface area contributed by atoms with Crippen molar-refractivity contribution in [3.63, 3.8) is 0 Å². The van der Waals surface area contributed by atoms with Crippen LogP contribution in [0.15, 0.2) is 24.7 Å². The van der Waals surface area contributed by atoms with Crippen molar-refractivity contribution in [1.82, 2.24) is 10.2 Å². The van der Waals surface area contributed by atoms with Crippen LogP contribution < -0.4 is 5.32 Å². The number of nitrogens with one attached hydrogen (secondary N) is 1. The second-order valence-electron chi connectivity index (χ2n) is 6.82. The highest BCUT2D eigenvalue weighted by Gasteiger charge is 2.53. The molecule has 6 nitrogen and oxygen atoms in total. The molecule has 2 rings (SSSR count). The number of nitrogens with zero attached hydrogens (tertiary/aromatic N) is 1. The van der Waals surface area contributed by atoms with Gasteiger partial charge in [0, 0.05) is 12.3 Å². The highest BCUT2D eigenvalue weighted by molar-refractivity contribution is 7.72. The van der Waals surface area contributed by atoms with Gasteiger partial charge in [-0.25, -0.2) is 0 Å². The molecule has 1 fully saturated rings. The maximum atomic E-state index is 11.3. The first-order valence-electron chi connectivity index (χ1n) is 7.21. The second kappa shape index (κ2) is 5.85. The number of amides is 1. The Morgan fingerprint density at radius 1 is 1.50 bits per heavy atom. The van der Waals surface area contributed by atoms with Crippen LogP contribution >= 0.6 is 6.89 Å². The third-order valence-corrected chi connectivity index (χ3v) is 5.52. The van der Waals surface area contributed by atoms with E-state index < -0.39 is 30.9 Å². The molecule has 4 atom stereocenters. The van der Waals surface area contributed by atoms with Gasteiger partial charge in [0.1, 0.15) is 18.0 Å². The molecule has 1 amide bonds. The number of carbonyl (C=O) groups excluding carboxylic acids is 1. The third-order valence-electron chi connectivity index (χ3n) is 4.08. The van der Waals surface area contributed by atoms with Crippen LogP contribution in [0.3, 0.4) is 0 Å². The standard InChI is InChI=1S/C15H25N2O4P/c1-10-16-11(18)6-8-17(10)14-12(19)13(20)15(2,21-14)7-9-22(3,4)5/h6,8,12-14,19-20H,1,3,7,9H2,2,4-5H3,(H,16,18)/t12-,13+,14-,15-/m1/s1. The molecule has 0 aromatic carbocycles. The predicted molar refractivity (Wildman–Crippen MR) is 88.9 cm³/mol. The molecule has 2 aliphatic rings. The number of aliphatic hydroxyl groups excluding tert-OH is 2. The van der Waals surface area contributed by atoms with Crippen LogP contribution in [-0.2, 0) is 9.53 Å². The lowest BCUT2D eigenvalue weighted by Crippen LogP contribution is -2.46. The maximum absolute atomic E-state index is 11.3. The average molecular weight is 328 g/mol. The number of ether oxygens (including phenoxy) is 1. The molecule has 7 heteroatoms. The van der Waals surface area contributed by atoms with Crippen molar-refractivity contribution in [2.45, 2.75) is 37.4 Å². The first kappa shape index (κ1) is 17.3. The Morgan fingerprint density at radius 2 is 2.14 bits per heavy atom. The zero-order chi connectivity index (χ0) is 16.7. The fourth-order valence-electron chi connectivity index (χ4n) is 2.61. The zero-order valence-corrected chi connectivity index (χ0v) is 14.2. The van der Waals surface area contributed by atoms with Crippen LogP contribution in [0.25, 0.3) is 0 Å². The van der Waals surface area contributed by atoms with Gasteiger partial charge in [-0.1, -0.05) is 6.58 Å². The van der Waals surface area contributed by atoms with Gasteiger partial charge in [-0.15, -0.1) is 13.2 Å². The van der Waals surface area contributed by atoms with Crippen molar-refractivity contribution in [3.8, 4) is 0 Å². The molecular weight excluding hydrogens is 303 g/mol. The highest BCUT2D eigenvalue weighted by Crippen LogP contribution is 2.43. The van der Waals surface area contributed by atoms with E-state index >= 15 is 0 Å². The summed E-state index contributed by atoms with van der Waals surface area (Å²) in [4.78, 5) is 12.8. The number of hydrogen-bond donors (Lipinski definition) is 3. The van der Waals surface area contributed by atoms with Gasteiger partial charge in [-0.05, 0) is 32.8 Å². The van der Waals surface area contributed by atoms with E-state index in [1.54, 1.807) is 6.92 Å². The van der Waals surface area contributed by atoms with E-state index in [0.29, 0.717) is 12.2 Å². The van der Waals surface area contributed by atoms with E-state index in [9.17, 15) is 15.0 Å². The van der Waals surface area contributed by atoms with Gasteiger partial charge >= 0.3 is 0 Å². The van der Waals surface area contributed by atoms with Crippen molar-refractivity contribution in [2.75, 3.05) is 19.5 Å². The van der Waals surface area contributed by atoms with Crippen LogP contribution in [-0.4, -0.2) is 70.8 Å². The van der Waals surface area contributed by atoms with Gasteiger partial charge in [0.25, 0.3) is 5.91 Å². The van der Waals surface area contributed by atoms with Crippen molar-refractivity contribution in [1.29, 1.82) is 0 Å². The largest absolute Gasteiger partial charge is 0.387 e. The Kier molecular flexibility index (Phi) is 4.60. The predicted octanol–water partition coefficient (Wildman–Crippen LogP) is 0.339. The summed E-state index contributed by atoms with van der Waals surface area (Å²) in [6.45, 7) is 8.53. The molecule has 0 spiro atoms. The molecule has 2 heterocycles. The van der Waals surface area contributed by atoms with Crippen LogP contribution in [0.1, 0.15) is 13.3 Å². The molecule has 2 aliphatic heterocycles. The Balaban J connectivity index is 2.16. The van der Waals surface area contributed by atoms with Gasteiger partial charge < -0.3 is 25.2 Å². The second-order valence-corrected chi connectivity index (χ2v) is 11.1. The zero-order valence-electron chi connectivity index (χ0n) is 13.3. The van der Waals surface area contributed by atoms with Crippen molar-refractivity contribution in [3.05, 3.63) is 24.7 Å². The van der Waals surface area contributed by atoms with E-state index in [-0.39, 0.29) is 5.91 Å². The average Bonchev–Trinajstić information content (AvgIpc) is 2.61. The molecule has 0 aromatic heterocycles. The van der Waals surface area contributed by atoms with Gasteiger partial charge in [-0.3, -0.25) is 4.79 Å². The summed E-state index contributed by atoms with van der Waals surface area (Å²) in [6, 6.07) is 0. The number of aliphatic hydroxyl groups is 2. The summed E-state index contributed by atoms with van der Waals surface area (Å²) < 4.78 is 5.97. The van der Waals surface area contributed by atoms with E-state index in [4.69, 9.17) is 4.74 Å². The Bertz CT molecular complexity index is 556. The Labute approximate surface area is 131 Å². The summed E-state index contributed by atoms with van der Waals surface area (Å²) in [5.74, 6) is 0.0404. The summed E-state index contributed by atoms with van der Waals surface area (Å²) in [5.41, 5.74) is -0.853. The van der Waals surface area contributed by atoms with Crippen LogP contribution in [0.2, 0.25) is 0 Å². The Morgan fingerprint density at radius 3 is 2.68 bits per heavy atom. The summed E-state index contributed by atoms with van der Waals surface area (Å²) >= 11 is 0. The van der Waals surface area contributed by atoms with Crippen molar-refractivity contribution < 1.29 is 19.7 Å². The molecule has 0 saturated carbocycles. The SMILES string of the molecule is C=C1NC(=O)C=CN1[C@@H]1O[C@](C)(CCP(=C)(C)C)[C@@H](O)[C@H]1O. The van der Waals surface area contributed by atoms with Crippen molar-refractivity contribution >= 4 is 19.1 Å². The Hall–Kier alpha value is -1.07. The van der Waals surface area contributed by atoms with Crippen LogP contribution in [0.5, 0.6) is 0 Å². The van der Waals surface area contributed by atoms with E-state index in [1.165, 1.54) is 17.2 Å². The minimum absolute atomic E-state index is 0.277. The molecule has 0 unspecified atom stereocenters. The maximum Gasteiger partial charge on any atom is 0.250 e. The van der Waals surface area contributed by atoms with E-state index in [0.717, 1.165) is 6.16 Å². The minimum atomic E-state index is -1.25. The quantitative estimate of drug-likeness (QED) is 0.648. The monoisotopic (exact) mass is 328 g/mol. The summed E-state index contributed by atoms with van der Waals surface area (Å²) in [7, 11) is 0. The molecule has 3 N–H and O–H groups in total. The van der Waals surface area contributed by atoms with E-state index in [1.807, 2.05) is 0 Å². The number of rotatable bonds is 4. The molecule has 22 heavy (non-hydrogen) atoms. The smallest absolute Gasteiger partial charge is 0.250 e. The minimum Gasteiger partial charge on any atom is -0.387 e. The lowest BCUT2D eigenvalue weighted by molar-refractivity contribution is -0.121. The van der Waals surface area contributed by atoms with Crippen LogP contribution in [0, 0.1) is 0 Å². The van der Waals surface area contributed by atoms with E-state index in [2.05, 4.69) is 31.5 Å². The lowest BCUT2D eigenvalue weighted by atomic mass is 9.94. The topological polar surface area (TPSA) is 82.0 Å². The lowest BCUT2D eigenvalue weighted by Gasteiger charge is -2.34. The highest BCUT2D eigenvalue weighted by atomic mass is 31.2. The molecule has 0 bridgehead atoms. The van der Waals surface area contributed by atoms with Gasteiger partial charge in [0.15, 0.2) is 6.23 Å². The fourth-order valence-corrected chi connectivity index (χ4v) is 3.66.